The summed E-state index contributed by atoms with van der Waals surface area (Å²) in [5.41, 5.74) is 1.16. The summed E-state index contributed by atoms with van der Waals surface area (Å²) in [6.07, 6.45) is -2.17. The molecule has 3 aromatic rings. The molecule has 0 saturated heterocycles. The van der Waals surface area contributed by atoms with Crippen molar-refractivity contribution >= 4 is 17.5 Å². The molecular formula is C29H26F3N3O4. The second-order valence-corrected chi connectivity index (χ2v) is 10.5. The van der Waals surface area contributed by atoms with Crippen LogP contribution in [0.2, 0.25) is 0 Å². The van der Waals surface area contributed by atoms with Crippen LogP contribution in [-0.4, -0.2) is 41.8 Å². The van der Waals surface area contributed by atoms with Crippen LogP contribution in [0.3, 0.4) is 0 Å². The van der Waals surface area contributed by atoms with Crippen LogP contribution in [0, 0.1) is 5.92 Å². The lowest BCUT2D eigenvalue weighted by Crippen LogP contribution is -2.20. The van der Waals surface area contributed by atoms with Crippen LogP contribution in [0.25, 0.3) is 0 Å². The fourth-order valence-corrected chi connectivity index (χ4v) is 5.56. The fraction of sp³-hybridized carbons (Fsp3) is 0.345. The normalized spacial score (nSPS) is 21.0. The van der Waals surface area contributed by atoms with E-state index in [2.05, 4.69) is 10.3 Å². The monoisotopic (exact) mass is 537 g/mol. The van der Waals surface area contributed by atoms with E-state index in [1.165, 1.54) is 12.1 Å². The van der Waals surface area contributed by atoms with Crippen LogP contribution in [-0.2, 0) is 23.9 Å². The molecule has 39 heavy (non-hydrogen) atoms. The summed E-state index contributed by atoms with van der Waals surface area (Å²) in [4.78, 5) is 30.6. The van der Waals surface area contributed by atoms with Gasteiger partial charge in [0.05, 0.1) is 5.56 Å². The second-order valence-electron chi connectivity index (χ2n) is 10.5. The molecule has 1 fully saturated rings. The van der Waals surface area contributed by atoms with E-state index in [-0.39, 0.29) is 53.7 Å². The number of pyridine rings is 1. The number of ether oxygens (including phenoxy) is 2. The first-order chi connectivity index (χ1) is 18.6. The molecular weight excluding hydrogens is 511 g/mol. The Morgan fingerprint density at radius 3 is 2.74 bits per heavy atom. The highest BCUT2D eigenvalue weighted by Crippen LogP contribution is 2.60. The minimum atomic E-state index is -4.55. The fourth-order valence-electron chi connectivity index (χ4n) is 5.56. The number of alkyl halides is 3. The van der Waals surface area contributed by atoms with Gasteiger partial charge in [-0.15, -0.1) is 0 Å². The van der Waals surface area contributed by atoms with Crippen LogP contribution in [0.15, 0.2) is 48.7 Å². The van der Waals surface area contributed by atoms with Crippen molar-refractivity contribution in [2.24, 2.45) is 5.92 Å². The first-order valence-electron chi connectivity index (χ1n) is 12.7. The number of rotatable bonds is 7. The highest BCUT2D eigenvalue weighted by atomic mass is 19.4. The van der Waals surface area contributed by atoms with Crippen molar-refractivity contribution in [3.63, 3.8) is 0 Å². The van der Waals surface area contributed by atoms with Crippen molar-refractivity contribution in [1.29, 1.82) is 0 Å². The number of aromatic nitrogens is 1. The summed E-state index contributed by atoms with van der Waals surface area (Å²) < 4.78 is 53.3. The summed E-state index contributed by atoms with van der Waals surface area (Å²) in [6.45, 7) is 0.127. The molecule has 202 valence electrons. The third-order valence-corrected chi connectivity index (χ3v) is 7.45. The average Bonchev–Trinajstić information content (AvgIpc) is 3.39. The topological polar surface area (TPSA) is 80.8 Å². The summed E-state index contributed by atoms with van der Waals surface area (Å²) in [6, 6.07) is 11.1. The zero-order valence-electron chi connectivity index (χ0n) is 21.3. The van der Waals surface area contributed by atoms with Crippen molar-refractivity contribution < 1.29 is 32.2 Å². The maximum Gasteiger partial charge on any atom is 0.416 e. The zero-order chi connectivity index (χ0) is 27.5. The number of hydrogen-bond donors (Lipinski definition) is 1. The molecule has 7 nitrogen and oxygen atoms in total. The molecule has 10 heteroatoms. The van der Waals surface area contributed by atoms with Crippen molar-refractivity contribution in [2.75, 3.05) is 19.4 Å². The van der Waals surface area contributed by atoms with Gasteiger partial charge in [0.1, 0.15) is 29.2 Å². The molecule has 3 atom stereocenters. The lowest BCUT2D eigenvalue weighted by molar-refractivity contribution is -0.138. The predicted octanol–water partition coefficient (Wildman–Crippen LogP) is 5.59. The van der Waals surface area contributed by atoms with E-state index in [1.54, 1.807) is 37.3 Å². The molecule has 0 spiro atoms. The van der Waals surface area contributed by atoms with Crippen LogP contribution in [0.4, 0.5) is 19.0 Å². The number of hydrogen-bond acceptors (Lipinski definition) is 6. The summed E-state index contributed by atoms with van der Waals surface area (Å²) in [5, 5.41) is 2.76. The van der Waals surface area contributed by atoms with Crippen molar-refractivity contribution in [3.05, 3.63) is 76.5 Å². The third-order valence-electron chi connectivity index (χ3n) is 7.45. The summed E-state index contributed by atoms with van der Waals surface area (Å²) in [5.74, 6) is 1.87. The van der Waals surface area contributed by atoms with Crippen molar-refractivity contribution in [3.8, 4) is 17.2 Å². The van der Waals surface area contributed by atoms with Crippen LogP contribution in [0.5, 0.6) is 17.2 Å². The van der Waals surface area contributed by atoms with Gasteiger partial charge in [-0.2, -0.15) is 13.2 Å². The van der Waals surface area contributed by atoms with E-state index in [4.69, 9.17) is 9.47 Å². The lowest BCUT2D eigenvalue weighted by atomic mass is 9.97. The number of nitrogens with one attached hydrogen (secondary N) is 1. The second kappa shape index (κ2) is 9.37. The highest BCUT2D eigenvalue weighted by molar-refractivity contribution is 5.97. The molecule has 0 unspecified atom stereocenters. The Kier molecular flexibility index (Phi) is 6.10. The standard InChI is InChI=1S/C29H26F3N3O4/c1-35(2)14-16-4-3-15(11-21(16)29(30,31)32)22(36)13-20-26-19-12-17(5-7-23(19)39-27(20)26)38-24-9-10-33-28-18(24)6-8-25(37)34-28/h3-5,7,9-12,20,26-27H,6,8,13-14H2,1-2H3,(H,33,34,37)/t20-,26-,27+/m0/s1. The van der Waals surface area contributed by atoms with Gasteiger partial charge in [-0.3, -0.25) is 9.59 Å². The molecule has 1 amide bonds. The molecule has 2 aliphatic heterocycles. The lowest BCUT2D eigenvalue weighted by Gasteiger charge is -2.19. The molecule has 1 saturated carbocycles. The molecule has 6 rings (SSSR count). The van der Waals surface area contributed by atoms with Gasteiger partial charge in [0.15, 0.2) is 5.78 Å². The molecule has 1 aliphatic carbocycles. The number of benzene rings is 2. The zero-order valence-corrected chi connectivity index (χ0v) is 21.3. The van der Waals surface area contributed by atoms with E-state index >= 15 is 0 Å². The van der Waals surface area contributed by atoms with Gasteiger partial charge in [0.2, 0.25) is 5.91 Å². The third kappa shape index (κ3) is 4.85. The average molecular weight is 538 g/mol. The molecule has 3 heterocycles. The molecule has 0 radical (unpaired) electrons. The van der Waals surface area contributed by atoms with E-state index in [0.29, 0.717) is 30.2 Å². The number of halogens is 3. The van der Waals surface area contributed by atoms with Crippen molar-refractivity contribution in [2.45, 2.75) is 44.0 Å². The quantitative estimate of drug-likeness (QED) is 0.396. The molecule has 3 aliphatic rings. The maximum absolute atomic E-state index is 13.7. The molecule has 1 N–H and O–H groups in total. The van der Waals surface area contributed by atoms with Gasteiger partial charge in [-0.25, -0.2) is 4.98 Å². The number of nitrogens with zero attached hydrogens (tertiary/aromatic N) is 2. The molecule has 2 aromatic carbocycles. The van der Waals surface area contributed by atoms with E-state index < -0.39 is 11.7 Å². The maximum atomic E-state index is 13.7. The predicted molar refractivity (Wildman–Crippen MR) is 136 cm³/mol. The minimum absolute atomic E-state index is 0.0201. The number of carbonyl (C=O) groups is 2. The Bertz CT molecular complexity index is 1490. The Morgan fingerprint density at radius 1 is 1.15 bits per heavy atom. The Balaban J connectivity index is 1.17. The number of Topliss-reactive ketones (excluding diaryl/α,β-unsaturated/α-hetero) is 1. The minimum Gasteiger partial charge on any atom is -0.489 e. The van der Waals surface area contributed by atoms with Crippen molar-refractivity contribution in [1.82, 2.24) is 9.88 Å². The summed E-state index contributed by atoms with van der Waals surface area (Å²) in [7, 11) is 3.40. The van der Waals surface area contributed by atoms with Crippen LogP contribution < -0.4 is 14.8 Å². The van der Waals surface area contributed by atoms with Crippen LogP contribution >= 0.6 is 0 Å². The van der Waals surface area contributed by atoms with E-state index in [1.807, 2.05) is 12.1 Å². The van der Waals surface area contributed by atoms with Gasteiger partial charge < -0.3 is 19.7 Å². The SMILES string of the molecule is CN(C)Cc1ccc(C(=O)C[C@@H]2[C@H]3Oc4ccc(Oc5ccnc6c5CCC(=O)N6)cc4[C@@H]23)cc1C(F)(F)F. The van der Waals surface area contributed by atoms with Gasteiger partial charge in [-0.05, 0) is 56.4 Å². The van der Waals surface area contributed by atoms with Gasteiger partial charge in [-0.1, -0.05) is 12.1 Å². The summed E-state index contributed by atoms with van der Waals surface area (Å²) >= 11 is 0. The van der Waals surface area contributed by atoms with Crippen LogP contribution in [0.1, 0.15) is 51.4 Å². The van der Waals surface area contributed by atoms with Gasteiger partial charge in [0, 0.05) is 54.1 Å². The van der Waals surface area contributed by atoms with E-state index in [0.717, 1.165) is 22.9 Å². The van der Waals surface area contributed by atoms with Gasteiger partial charge >= 0.3 is 6.18 Å². The number of amides is 1. The van der Waals surface area contributed by atoms with E-state index in [9.17, 15) is 22.8 Å². The Morgan fingerprint density at radius 2 is 1.97 bits per heavy atom. The number of ketones is 1. The number of anilines is 1. The number of fused-ring (bicyclic) bond motifs is 4. The smallest absolute Gasteiger partial charge is 0.416 e. The molecule has 0 bridgehead atoms. The Labute approximate surface area is 222 Å². The molecule has 1 aromatic heterocycles. The first kappa shape index (κ1) is 25.4. The Hall–Kier alpha value is -3.92. The highest BCUT2D eigenvalue weighted by Gasteiger charge is 2.59. The van der Waals surface area contributed by atoms with Gasteiger partial charge in [0.25, 0.3) is 0 Å². The number of carbonyl (C=O) groups excluding carboxylic acids is 2. The first-order valence-corrected chi connectivity index (χ1v) is 12.7. The largest absolute Gasteiger partial charge is 0.489 e.